The number of anilines is 1. The van der Waals surface area contributed by atoms with Crippen molar-refractivity contribution in [2.45, 2.75) is 38.8 Å². The maximum atomic E-state index is 12.8. The van der Waals surface area contributed by atoms with Gasteiger partial charge in [0.1, 0.15) is 5.75 Å². The molecule has 2 heterocycles. The number of carbonyl (C=O) groups is 2. The summed E-state index contributed by atoms with van der Waals surface area (Å²) in [6.07, 6.45) is 4.07. The molecule has 3 rings (SSSR count). The number of carbonyl (C=O) groups excluding carboxylic acids is 2. The first-order valence-electron chi connectivity index (χ1n) is 8.41. The van der Waals surface area contributed by atoms with E-state index in [9.17, 15) is 14.7 Å². The van der Waals surface area contributed by atoms with Gasteiger partial charge in [0, 0.05) is 18.8 Å². The maximum absolute atomic E-state index is 12.8. The number of amides is 2. The Labute approximate surface area is 146 Å². The normalized spacial score (nSPS) is 17.1. The lowest BCUT2D eigenvalue weighted by Crippen LogP contribution is -2.35. The van der Waals surface area contributed by atoms with Crippen LogP contribution in [0.25, 0.3) is 0 Å². The smallest absolute Gasteiger partial charge is 0.322 e. The van der Waals surface area contributed by atoms with Crippen LogP contribution in [0, 0.1) is 0 Å². The number of likely N-dealkylation sites (tertiary alicyclic amines) is 1. The zero-order valence-electron chi connectivity index (χ0n) is 14.3. The first-order chi connectivity index (χ1) is 12.0. The molecule has 1 aromatic carbocycles. The summed E-state index contributed by atoms with van der Waals surface area (Å²) in [6, 6.07) is 6.43. The molecule has 25 heavy (non-hydrogen) atoms. The topological polar surface area (TPSA) is 87.5 Å². The zero-order chi connectivity index (χ0) is 18.0. The van der Waals surface area contributed by atoms with E-state index in [1.54, 1.807) is 23.2 Å². The van der Waals surface area contributed by atoms with E-state index in [4.69, 9.17) is 0 Å². The van der Waals surface area contributed by atoms with Crippen molar-refractivity contribution in [1.29, 1.82) is 0 Å². The number of phenols is 1. The average Bonchev–Trinajstić information content (AvgIpc) is 3.23. The van der Waals surface area contributed by atoms with Crippen LogP contribution in [0.15, 0.2) is 30.5 Å². The number of aromatic nitrogens is 2. The van der Waals surface area contributed by atoms with Crippen LogP contribution in [-0.2, 0) is 0 Å². The van der Waals surface area contributed by atoms with Gasteiger partial charge in [0.25, 0.3) is 0 Å². The second kappa shape index (κ2) is 6.96. The molecule has 1 aliphatic heterocycles. The van der Waals surface area contributed by atoms with Crippen LogP contribution in [-0.4, -0.2) is 38.6 Å². The minimum absolute atomic E-state index is 0.0538. The fraction of sp³-hybridized carbons (Fsp3) is 0.389. The number of urea groups is 1. The summed E-state index contributed by atoms with van der Waals surface area (Å²) in [4.78, 5) is 25.7. The molecule has 7 heteroatoms. The van der Waals surface area contributed by atoms with Crippen LogP contribution >= 0.6 is 0 Å². The number of hydrogen-bond donors (Lipinski definition) is 2. The Morgan fingerprint density at radius 2 is 2.20 bits per heavy atom. The van der Waals surface area contributed by atoms with E-state index < -0.39 is 0 Å². The van der Waals surface area contributed by atoms with E-state index in [-0.39, 0.29) is 29.4 Å². The summed E-state index contributed by atoms with van der Waals surface area (Å²) >= 11 is 0. The lowest BCUT2D eigenvalue weighted by atomic mass is 10.1. The number of nitrogens with zero attached hydrogens (tertiary/aromatic N) is 3. The fourth-order valence-electron chi connectivity index (χ4n) is 3.31. The number of hydrogen-bond acceptors (Lipinski definition) is 4. The van der Waals surface area contributed by atoms with E-state index in [0.717, 1.165) is 18.5 Å². The Balaban J connectivity index is 1.83. The van der Waals surface area contributed by atoms with Crippen molar-refractivity contribution in [3.05, 3.63) is 41.7 Å². The van der Waals surface area contributed by atoms with Gasteiger partial charge in [-0.05, 0) is 44.9 Å². The minimum atomic E-state index is -0.285. The van der Waals surface area contributed by atoms with Crippen molar-refractivity contribution < 1.29 is 14.7 Å². The van der Waals surface area contributed by atoms with Crippen molar-refractivity contribution in [2.75, 3.05) is 11.9 Å². The minimum Gasteiger partial charge on any atom is -0.507 e. The lowest BCUT2D eigenvalue weighted by Gasteiger charge is -2.26. The monoisotopic (exact) mass is 342 g/mol. The molecule has 7 nitrogen and oxygen atoms in total. The van der Waals surface area contributed by atoms with Gasteiger partial charge < -0.3 is 15.3 Å². The van der Waals surface area contributed by atoms with Crippen LogP contribution in [0.4, 0.5) is 10.5 Å². The third kappa shape index (κ3) is 3.22. The third-order valence-electron chi connectivity index (χ3n) is 4.49. The standard InChI is InChI=1S/C18H22N4O3/c1-12(2)22-16(8-9-19-22)15-6-4-10-21(15)18(25)20-14-5-3-7-17(24)13(14)11-23/h3,5,7-9,11-12,15,24H,4,6,10H2,1-2H3,(H,20,25). The molecule has 1 saturated heterocycles. The van der Waals surface area contributed by atoms with E-state index in [2.05, 4.69) is 24.3 Å². The predicted octanol–water partition coefficient (Wildman–Crippen LogP) is 3.35. The molecule has 0 saturated carbocycles. The van der Waals surface area contributed by atoms with Crippen molar-refractivity contribution in [3.8, 4) is 5.75 Å². The molecule has 0 radical (unpaired) electrons. The number of phenolic OH excluding ortho intramolecular Hbond substituents is 1. The Morgan fingerprint density at radius 3 is 2.92 bits per heavy atom. The van der Waals surface area contributed by atoms with Crippen molar-refractivity contribution in [2.24, 2.45) is 0 Å². The molecule has 132 valence electrons. The molecule has 2 aromatic rings. The van der Waals surface area contributed by atoms with Gasteiger partial charge in [0.15, 0.2) is 6.29 Å². The summed E-state index contributed by atoms with van der Waals surface area (Å²) in [7, 11) is 0. The highest BCUT2D eigenvalue weighted by molar-refractivity contribution is 5.97. The summed E-state index contributed by atoms with van der Waals surface area (Å²) in [6.45, 7) is 4.74. The number of aldehydes is 1. The molecule has 2 N–H and O–H groups in total. The molecule has 1 unspecified atom stereocenters. The molecule has 1 atom stereocenters. The molecule has 0 bridgehead atoms. The molecule has 0 aliphatic carbocycles. The van der Waals surface area contributed by atoms with Crippen molar-refractivity contribution >= 4 is 18.0 Å². The molecule has 1 aliphatic rings. The van der Waals surface area contributed by atoms with Gasteiger partial charge in [-0.2, -0.15) is 5.10 Å². The zero-order valence-corrected chi connectivity index (χ0v) is 14.3. The van der Waals surface area contributed by atoms with Gasteiger partial charge in [-0.25, -0.2) is 4.79 Å². The van der Waals surface area contributed by atoms with Gasteiger partial charge in [0.2, 0.25) is 0 Å². The number of aromatic hydroxyl groups is 1. The number of rotatable bonds is 4. The Bertz CT molecular complexity index is 784. The largest absolute Gasteiger partial charge is 0.507 e. The Kier molecular flexibility index (Phi) is 4.74. The van der Waals surface area contributed by atoms with E-state index in [1.807, 2.05) is 10.7 Å². The highest BCUT2D eigenvalue weighted by atomic mass is 16.3. The first-order valence-corrected chi connectivity index (χ1v) is 8.41. The Morgan fingerprint density at radius 1 is 1.40 bits per heavy atom. The molecule has 2 amide bonds. The molecule has 0 spiro atoms. The van der Waals surface area contributed by atoms with Crippen LogP contribution < -0.4 is 5.32 Å². The van der Waals surface area contributed by atoms with Crippen LogP contribution in [0.5, 0.6) is 5.75 Å². The molecular weight excluding hydrogens is 320 g/mol. The van der Waals surface area contributed by atoms with Crippen molar-refractivity contribution in [1.82, 2.24) is 14.7 Å². The van der Waals surface area contributed by atoms with Gasteiger partial charge in [-0.1, -0.05) is 6.07 Å². The van der Waals surface area contributed by atoms with E-state index in [1.165, 1.54) is 6.07 Å². The van der Waals surface area contributed by atoms with Gasteiger partial charge in [0.05, 0.1) is 23.0 Å². The molecule has 1 fully saturated rings. The number of benzene rings is 1. The second-order valence-corrected chi connectivity index (χ2v) is 6.43. The van der Waals surface area contributed by atoms with Gasteiger partial charge in [-0.15, -0.1) is 0 Å². The van der Waals surface area contributed by atoms with E-state index >= 15 is 0 Å². The number of nitrogens with one attached hydrogen (secondary N) is 1. The second-order valence-electron chi connectivity index (χ2n) is 6.43. The highest BCUT2D eigenvalue weighted by Crippen LogP contribution is 2.34. The molecule has 1 aromatic heterocycles. The average molecular weight is 342 g/mol. The van der Waals surface area contributed by atoms with Gasteiger partial charge in [-0.3, -0.25) is 9.48 Å². The quantitative estimate of drug-likeness (QED) is 0.834. The van der Waals surface area contributed by atoms with Crippen LogP contribution in [0.3, 0.4) is 0 Å². The van der Waals surface area contributed by atoms with Crippen LogP contribution in [0.2, 0.25) is 0 Å². The Hall–Kier alpha value is -2.83. The SMILES string of the molecule is CC(C)n1nccc1C1CCCN1C(=O)Nc1cccc(O)c1C=O. The van der Waals surface area contributed by atoms with Gasteiger partial charge >= 0.3 is 6.03 Å². The predicted molar refractivity (Wildman–Crippen MR) is 93.8 cm³/mol. The highest BCUT2D eigenvalue weighted by Gasteiger charge is 2.32. The summed E-state index contributed by atoms with van der Waals surface area (Å²) in [5.41, 5.74) is 1.40. The first kappa shape index (κ1) is 17.0. The van der Waals surface area contributed by atoms with E-state index in [0.29, 0.717) is 18.5 Å². The maximum Gasteiger partial charge on any atom is 0.322 e. The van der Waals surface area contributed by atoms with Crippen LogP contribution in [0.1, 0.15) is 54.8 Å². The van der Waals surface area contributed by atoms with Crippen molar-refractivity contribution in [3.63, 3.8) is 0 Å². The third-order valence-corrected chi connectivity index (χ3v) is 4.49. The summed E-state index contributed by atoms with van der Waals surface area (Å²) in [5, 5.41) is 16.9. The summed E-state index contributed by atoms with van der Waals surface area (Å²) in [5.74, 6) is -0.149. The fourth-order valence-corrected chi connectivity index (χ4v) is 3.31. The molecular formula is C18H22N4O3. The lowest BCUT2D eigenvalue weighted by molar-refractivity contribution is 0.112. The summed E-state index contributed by atoms with van der Waals surface area (Å²) < 4.78 is 1.93.